The fourth-order valence-electron chi connectivity index (χ4n) is 1.86. The van der Waals surface area contributed by atoms with Gasteiger partial charge in [-0.05, 0) is 12.8 Å². The molecule has 1 aliphatic carbocycles. The minimum atomic E-state index is -3.27. The Balaban J connectivity index is 1.89. The molecule has 1 aromatic heterocycles. The molecule has 0 radical (unpaired) electrons. The molecule has 0 atom stereocenters. The molecule has 10 heteroatoms. The summed E-state index contributed by atoms with van der Waals surface area (Å²) in [5.41, 5.74) is 10.6. The minimum absolute atomic E-state index is 0.0135. The SMILES string of the molecule is NCc1nnc(SCCS(=O)(=O)CCC(N)=O)n1C1CC1. The van der Waals surface area contributed by atoms with Crippen molar-refractivity contribution in [2.24, 2.45) is 11.5 Å². The molecular weight excluding hydrogens is 314 g/mol. The number of hydrogen-bond donors (Lipinski definition) is 2. The second kappa shape index (κ2) is 6.75. The molecule has 0 aliphatic heterocycles. The van der Waals surface area contributed by atoms with Gasteiger partial charge in [-0.25, -0.2) is 8.42 Å². The number of aromatic nitrogens is 3. The Morgan fingerprint density at radius 3 is 2.62 bits per heavy atom. The van der Waals surface area contributed by atoms with Gasteiger partial charge in [0.2, 0.25) is 5.91 Å². The lowest BCUT2D eigenvalue weighted by Crippen LogP contribution is -2.20. The number of nitrogens with two attached hydrogens (primary N) is 2. The number of amides is 1. The molecule has 2 rings (SSSR count). The summed E-state index contributed by atoms with van der Waals surface area (Å²) in [5.74, 6) is 0.285. The van der Waals surface area contributed by atoms with Gasteiger partial charge in [0, 0.05) is 18.2 Å². The van der Waals surface area contributed by atoms with Crippen LogP contribution in [0.15, 0.2) is 5.16 Å². The monoisotopic (exact) mass is 333 g/mol. The Labute approximate surface area is 127 Å². The van der Waals surface area contributed by atoms with Crippen LogP contribution in [0.3, 0.4) is 0 Å². The normalized spacial score (nSPS) is 15.3. The van der Waals surface area contributed by atoms with Crippen LogP contribution in [0.2, 0.25) is 0 Å². The van der Waals surface area contributed by atoms with Gasteiger partial charge in [0.05, 0.1) is 18.1 Å². The highest BCUT2D eigenvalue weighted by Gasteiger charge is 2.29. The zero-order chi connectivity index (χ0) is 15.5. The largest absolute Gasteiger partial charge is 0.370 e. The fourth-order valence-corrected chi connectivity index (χ4v) is 4.60. The molecule has 0 aromatic carbocycles. The van der Waals surface area contributed by atoms with Crippen molar-refractivity contribution in [1.29, 1.82) is 0 Å². The number of carbonyl (C=O) groups is 1. The first-order valence-corrected chi connectivity index (χ1v) is 9.49. The van der Waals surface area contributed by atoms with E-state index in [0.29, 0.717) is 23.5 Å². The van der Waals surface area contributed by atoms with Crippen LogP contribution in [0, 0.1) is 0 Å². The first-order chi connectivity index (χ1) is 9.93. The summed E-state index contributed by atoms with van der Waals surface area (Å²) in [6.07, 6.45) is 2.02. The third-order valence-corrected chi connectivity index (χ3v) is 5.97. The maximum Gasteiger partial charge on any atom is 0.218 e. The maximum absolute atomic E-state index is 11.7. The Morgan fingerprint density at radius 1 is 1.33 bits per heavy atom. The average Bonchev–Trinajstić information content (AvgIpc) is 3.18. The first-order valence-electron chi connectivity index (χ1n) is 6.68. The number of carbonyl (C=O) groups excluding carboxylic acids is 1. The topological polar surface area (TPSA) is 134 Å². The van der Waals surface area contributed by atoms with Crippen LogP contribution in [0.5, 0.6) is 0 Å². The van der Waals surface area contributed by atoms with Gasteiger partial charge in [0.15, 0.2) is 15.0 Å². The van der Waals surface area contributed by atoms with Crippen molar-refractivity contribution in [2.75, 3.05) is 17.3 Å². The summed E-state index contributed by atoms with van der Waals surface area (Å²) >= 11 is 1.35. The molecule has 1 aliphatic rings. The molecule has 0 bridgehead atoms. The van der Waals surface area contributed by atoms with Gasteiger partial charge in [-0.2, -0.15) is 0 Å². The molecule has 4 N–H and O–H groups in total. The summed E-state index contributed by atoms with van der Waals surface area (Å²) in [7, 11) is -3.27. The lowest BCUT2D eigenvalue weighted by atomic mass is 10.5. The smallest absolute Gasteiger partial charge is 0.218 e. The van der Waals surface area contributed by atoms with E-state index in [-0.39, 0.29) is 17.9 Å². The molecular formula is C11H19N5O3S2. The highest BCUT2D eigenvalue weighted by atomic mass is 32.2. The van der Waals surface area contributed by atoms with Crippen LogP contribution in [-0.4, -0.2) is 46.3 Å². The van der Waals surface area contributed by atoms with Gasteiger partial charge in [0.25, 0.3) is 0 Å². The molecule has 118 valence electrons. The number of hydrogen-bond acceptors (Lipinski definition) is 7. The van der Waals surface area contributed by atoms with Crippen molar-refractivity contribution in [3.63, 3.8) is 0 Å². The van der Waals surface area contributed by atoms with Gasteiger partial charge < -0.3 is 16.0 Å². The Hall–Kier alpha value is -1.13. The van der Waals surface area contributed by atoms with Crippen LogP contribution in [-0.2, 0) is 21.2 Å². The second-order valence-corrected chi connectivity index (χ2v) is 8.29. The lowest BCUT2D eigenvalue weighted by molar-refractivity contribution is -0.117. The molecule has 8 nitrogen and oxygen atoms in total. The van der Waals surface area contributed by atoms with E-state index in [4.69, 9.17) is 11.5 Å². The molecule has 21 heavy (non-hydrogen) atoms. The van der Waals surface area contributed by atoms with Gasteiger partial charge in [0.1, 0.15) is 5.82 Å². The zero-order valence-corrected chi connectivity index (χ0v) is 13.2. The van der Waals surface area contributed by atoms with Gasteiger partial charge in [-0.3, -0.25) is 4.79 Å². The van der Waals surface area contributed by atoms with Crippen molar-refractivity contribution < 1.29 is 13.2 Å². The highest BCUT2D eigenvalue weighted by molar-refractivity contribution is 8.00. The molecule has 1 fully saturated rings. The van der Waals surface area contributed by atoms with E-state index in [1.165, 1.54) is 11.8 Å². The number of sulfone groups is 1. The van der Waals surface area contributed by atoms with Crippen LogP contribution < -0.4 is 11.5 Å². The van der Waals surface area contributed by atoms with Crippen LogP contribution >= 0.6 is 11.8 Å². The predicted molar refractivity (Wildman–Crippen MR) is 79.4 cm³/mol. The number of thioether (sulfide) groups is 1. The van der Waals surface area contributed by atoms with E-state index in [2.05, 4.69) is 10.2 Å². The van der Waals surface area contributed by atoms with E-state index in [1.807, 2.05) is 4.57 Å². The summed E-state index contributed by atoms with van der Waals surface area (Å²) in [6.45, 7) is 0.320. The van der Waals surface area contributed by atoms with Crippen LogP contribution in [0.4, 0.5) is 0 Å². The van der Waals surface area contributed by atoms with Crippen molar-refractivity contribution in [3.05, 3.63) is 5.82 Å². The summed E-state index contributed by atoms with van der Waals surface area (Å²) < 4.78 is 25.5. The molecule has 0 unspecified atom stereocenters. The van der Waals surface area contributed by atoms with Gasteiger partial charge in [-0.1, -0.05) is 11.8 Å². The van der Waals surface area contributed by atoms with Crippen molar-refractivity contribution >= 4 is 27.5 Å². The molecule has 0 saturated heterocycles. The fraction of sp³-hybridized carbons (Fsp3) is 0.727. The highest BCUT2D eigenvalue weighted by Crippen LogP contribution is 2.38. The van der Waals surface area contributed by atoms with Crippen LogP contribution in [0.1, 0.15) is 31.1 Å². The molecule has 1 amide bonds. The molecule has 1 heterocycles. The summed E-state index contributed by atoms with van der Waals surface area (Å²) in [6, 6.07) is 0.396. The van der Waals surface area contributed by atoms with E-state index < -0.39 is 15.7 Å². The average molecular weight is 333 g/mol. The second-order valence-electron chi connectivity index (χ2n) is 4.92. The van der Waals surface area contributed by atoms with Crippen LogP contribution in [0.25, 0.3) is 0 Å². The first kappa shape index (κ1) is 16.2. The standard InChI is InChI=1S/C11H19N5O3S2/c12-7-10-14-15-11(16(10)8-1-2-8)20-4-6-21(18,19)5-3-9(13)17/h8H,1-7,12H2,(H2,13,17). The van der Waals surface area contributed by atoms with E-state index >= 15 is 0 Å². The third-order valence-electron chi connectivity index (χ3n) is 3.11. The zero-order valence-electron chi connectivity index (χ0n) is 11.6. The molecule has 0 spiro atoms. The number of nitrogens with zero attached hydrogens (tertiary/aromatic N) is 3. The molecule has 1 saturated carbocycles. The lowest BCUT2D eigenvalue weighted by Gasteiger charge is -2.07. The minimum Gasteiger partial charge on any atom is -0.370 e. The van der Waals surface area contributed by atoms with Crippen molar-refractivity contribution in [2.45, 2.75) is 37.0 Å². The molecule has 1 aromatic rings. The number of primary amides is 1. The maximum atomic E-state index is 11.7. The number of rotatable bonds is 9. The Bertz CT molecular complexity index is 609. The van der Waals surface area contributed by atoms with Crippen molar-refractivity contribution in [3.8, 4) is 0 Å². The van der Waals surface area contributed by atoms with Gasteiger partial charge in [-0.15, -0.1) is 10.2 Å². The van der Waals surface area contributed by atoms with E-state index in [0.717, 1.165) is 18.7 Å². The Kier molecular flexibility index (Phi) is 5.22. The quantitative estimate of drug-likeness (QED) is 0.579. The van der Waals surface area contributed by atoms with Crippen molar-refractivity contribution in [1.82, 2.24) is 14.8 Å². The Morgan fingerprint density at radius 2 is 2.05 bits per heavy atom. The predicted octanol–water partition coefficient (Wildman–Crippen LogP) is -0.546. The van der Waals surface area contributed by atoms with E-state index in [1.54, 1.807) is 0 Å². The third kappa shape index (κ3) is 4.68. The summed E-state index contributed by atoms with van der Waals surface area (Å²) in [4.78, 5) is 10.6. The summed E-state index contributed by atoms with van der Waals surface area (Å²) in [5, 5.41) is 8.81. The van der Waals surface area contributed by atoms with E-state index in [9.17, 15) is 13.2 Å². The van der Waals surface area contributed by atoms with Gasteiger partial charge >= 0.3 is 0 Å².